The molecule has 1 aliphatic carbocycles. The Kier molecular flexibility index (Phi) is 2.33. The summed E-state index contributed by atoms with van der Waals surface area (Å²) in [5.41, 5.74) is 0.627. The van der Waals surface area contributed by atoms with E-state index in [9.17, 15) is 19.8 Å². The number of rotatable bonds is 1. The fourth-order valence-corrected chi connectivity index (χ4v) is 2.39. The van der Waals surface area contributed by atoms with Gasteiger partial charge in [-0.3, -0.25) is 9.59 Å². The lowest BCUT2D eigenvalue weighted by molar-refractivity contribution is 0.0962. The van der Waals surface area contributed by atoms with E-state index in [1.54, 1.807) is 12.1 Å². The van der Waals surface area contributed by atoms with Crippen molar-refractivity contribution in [2.45, 2.75) is 13.0 Å². The maximum Gasteiger partial charge on any atom is 0.201 e. The number of hydrogen-bond acceptors (Lipinski definition) is 5. The number of aromatic hydroxyl groups is 1. The maximum atomic E-state index is 12.4. The molecule has 1 aromatic heterocycles. The molecule has 1 aromatic carbocycles. The van der Waals surface area contributed by atoms with Gasteiger partial charge in [0.2, 0.25) is 5.78 Å². The van der Waals surface area contributed by atoms with Crippen LogP contribution in [-0.4, -0.2) is 21.8 Å². The predicted molar refractivity (Wildman–Crippen MR) is 64.3 cm³/mol. The van der Waals surface area contributed by atoms with E-state index in [1.165, 1.54) is 19.3 Å². The van der Waals surface area contributed by atoms with E-state index in [0.717, 1.165) is 0 Å². The molecule has 0 aliphatic heterocycles. The molecule has 1 heterocycles. The van der Waals surface area contributed by atoms with Crippen LogP contribution in [0.15, 0.2) is 28.9 Å². The van der Waals surface area contributed by atoms with Crippen LogP contribution < -0.4 is 0 Å². The molecule has 0 saturated heterocycles. The topological polar surface area (TPSA) is 87.7 Å². The number of Topliss-reactive ketones (excluding diaryl/α,β-unsaturated/α-hetero) is 1. The molecule has 0 fully saturated rings. The van der Waals surface area contributed by atoms with Gasteiger partial charge in [0.25, 0.3) is 0 Å². The van der Waals surface area contributed by atoms with Crippen LogP contribution in [0.4, 0.5) is 0 Å². The van der Waals surface area contributed by atoms with E-state index >= 15 is 0 Å². The Balaban J connectivity index is 2.32. The second kappa shape index (κ2) is 3.80. The van der Waals surface area contributed by atoms with E-state index < -0.39 is 17.7 Å². The molecule has 96 valence electrons. The summed E-state index contributed by atoms with van der Waals surface area (Å²) in [6, 6.07) is 4.46. The van der Waals surface area contributed by atoms with E-state index in [0.29, 0.717) is 5.56 Å². The standard InChI is InChI=1S/C14H10O5/c1-6(15)14-11-8(5-19-14)12(17)7-3-2-4-9(16)10(7)13(11)18/h2-5,12,16-17H,1H3/t12-/m0/s1. The van der Waals surface area contributed by atoms with Gasteiger partial charge in [0.05, 0.1) is 17.4 Å². The van der Waals surface area contributed by atoms with Gasteiger partial charge in [-0.25, -0.2) is 0 Å². The van der Waals surface area contributed by atoms with Crippen molar-refractivity contribution >= 4 is 11.6 Å². The lowest BCUT2D eigenvalue weighted by atomic mass is 9.83. The maximum absolute atomic E-state index is 12.4. The van der Waals surface area contributed by atoms with Gasteiger partial charge in [-0.2, -0.15) is 0 Å². The second-order valence-corrected chi connectivity index (χ2v) is 4.42. The summed E-state index contributed by atoms with van der Waals surface area (Å²) in [5, 5.41) is 20.0. The van der Waals surface area contributed by atoms with Crippen LogP contribution in [-0.2, 0) is 0 Å². The van der Waals surface area contributed by atoms with Gasteiger partial charge in [0.15, 0.2) is 11.5 Å². The van der Waals surface area contributed by atoms with Crippen LogP contribution >= 0.6 is 0 Å². The summed E-state index contributed by atoms with van der Waals surface area (Å²) in [5.74, 6) is -1.22. The molecule has 1 aliphatic rings. The zero-order valence-electron chi connectivity index (χ0n) is 10.0. The molecule has 0 saturated carbocycles. The largest absolute Gasteiger partial charge is 0.507 e. The van der Waals surface area contributed by atoms with Crippen LogP contribution in [0.1, 0.15) is 50.6 Å². The second-order valence-electron chi connectivity index (χ2n) is 4.42. The fraction of sp³-hybridized carbons (Fsp3) is 0.143. The van der Waals surface area contributed by atoms with Crippen molar-refractivity contribution in [3.8, 4) is 5.75 Å². The first kappa shape index (κ1) is 11.7. The smallest absolute Gasteiger partial charge is 0.201 e. The SMILES string of the molecule is CC(=O)c1occ2c1C(=O)c1c(O)cccc1[C@@H]2O. The summed E-state index contributed by atoms with van der Waals surface area (Å²) in [4.78, 5) is 23.8. The van der Waals surface area contributed by atoms with Gasteiger partial charge in [-0.1, -0.05) is 12.1 Å². The summed E-state index contributed by atoms with van der Waals surface area (Å²) in [6.07, 6.45) is 0.119. The summed E-state index contributed by atoms with van der Waals surface area (Å²) < 4.78 is 5.08. The zero-order valence-corrected chi connectivity index (χ0v) is 10.0. The average molecular weight is 258 g/mol. The number of carbonyl (C=O) groups is 2. The Morgan fingerprint density at radius 1 is 1.26 bits per heavy atom. The Hall–Kier alpha value is -2.40. The average Bonchev–Trinajstić information content (AvgIpc) is 2.81. The predicted octanol–water partition coefficient (Wildman–Crippen LogP) is 1.81. The molecule has 0 amide bonds. The minimum Gasteiger partial charge on any atom is -0.507 e. The number of phenolic OH excluding ortho intramolecular Hbond substituents is 1. The quantitative estimate of drug-likeness (QED) is 0.762. The Bertz CT molecular complexity index is 711. The lowest BCUT2D eigenvalue weighted by Gasteiger charge is -2.21. The molecule has 5 heteroatoms. The van der Waals surface area contributed by atoms with Crippen molar-refractivity contribution in [2.75, 3.05) is 0 Å². The highest BCUT2D eigenvalue weighted by Gasteiger charge is 2.37. The summed E-state index contributed by atoms with van der Waals surface area (Å²) in [6.45, 7) is 1.28. The minimum atomic E-state index is -1.09. The van der Waals surface area contributed by atoms with Gasteiger partial charge >= 0.3 is 0 Å². The van der Waals surface area contributed by atoms with Gasteiger partial charge in [0.1, 0.15) is 11.9 Å². The number of benzene rings is 1. The lowest BCUT2D eigenvalue weighted by Crippen LogP contribution is -2.19. The summed E-state index contributed by atoms with van der Waals surface area (Å²) >= 11 is 0. The molecular formula is C14H10O5. The van der Waals surface area contributed by atoms with Gasteiger partial charge in [0, 0.05) is 12.5 Å². The molecule has 5 nitrogen and oxygen atoms in total. The number of aliphatic hydroxyl groups is 1. The Labute approximate surface area is 108 Å². The van der Waals surface area contributed by atoms with Crippen LogP contribution in [0.25, 0.3) is 0 Å². The van der Waals surface area contributed by atoms with E-state index in [-0.39, 0.29) is 28.2 Å². The Morgan fingerprint density at radius 2 is 2.00 bits per heavy atom. The van der Waals surface area contributed by atoms with Crippen molar-refractivity contribution in [3.63, 3.8) is 0 Å². The molecule has 2 aromatic rings. The monoisotopic (exact) mass is 258 g/mol. The van der Waals surface area contributed by atoms with Gasteiger partial charge in [-0.05, 0) is 11.6 Å². The van der Waals surface area contributed by atoms with Crippen molar-refractivity contribution in [3.05, 3.63) is 52.5 Å². The van der Waals surface area contributed by atoms with Crippen molar-refractivity contribution in [2.24, 2.45) is 0 Å². The minimum absolute atomic E-state index is 0.0198. The van der Waals surface area contributed by atoms with Crippen LogP contribution in [0.2, 0.25) is 0 Å². The first-order valence-electron chi connectivity index (χ1n) is 5.69. The van der Waals surface area contributed by atoms with E-state index in [2.05, 4.69) is 0 Å². The Morgan fingerprint density at radius 3 is 2.68 bits per heavy atom. The number of phenols is 1. The number of carbonyl (C=O) groups excluding carboxylic acids is 2. The number of hydrogen-bond donors (Lipinski definition) is 2. The molecule has 0 unspecified atom stereocenters. The van der Waals surface area contributed by atoms with Crippen molar-refractivity contribution in [1.82, 2.24) is 0 Å². The third-order valence-electron chi connectivity index (χ3n) is 3.26. The first-order chi connectivity index (χ1) is 9.02. The van der Waals surface area contributed by atoms with Gasteiger partial charge < -0.3 is 14.6 Å². The summed E-state index contributed by atoms with van der Waals surface area (Å²) in [7, 11) is 0. The van der Waals surface area contributed by atoms with Crippen molar-refractivity contribution < 1.29 is 24.2 Å². The third-order valence-corrected chi connectivity index (χ3v) is 3.26. The van der Waals surface area contributed by atoms with Gasteiger partial charge in [-0.15, -0.1) is 0 Å². The molecule has 0 spiro atoms. The molecular weight excluding hydrogens is 248 g/mol. The van der Waals surface area contributed by atoms with Crippen molar-refractivity contribution in [1.29, 1.82) is 0 Å². The molecule has 0 radical (unpaired) electrons. The number of ketones is 2. The number of aliphatic hydroxyl groups excluding tert-OH is 1. The van der Waals surface area contributed by atoms with Crippen LogP contribution in [0.3, 0.4) is 0 Å². The zero-order chi connectivity index (χ0) is 13.7. The first-order valence-corrected chi connectivity index (χ1v) is 5.69. The third kappa shape index (κ3) is 1.45. The molecule has 0 bridgehead atoms. The highest BCUT2D eigenvalue weighted by atomic mass is 16.3. The number of furan rings is 1. The van der Waals surface area contributed by atoms with E-state index in [1.807, 2.05) is 0 Å². The van der Waals surface area contributed by atoms with Crippen LogP contribution in [0.5, 0.6) is 5.75 Å². The fourth-order valence-electron chi connectivity index (χ4n) is 2.39. The highest BCUT2D eigenvalue weighted by Crippen LogP contribution is 2.40. The normalized spacial score (nSPS) is 16.9. The van der Waals surface area contributed by atoms with Crippen LogP contribution in [0, 0.1) is 0 Å². The molecule has 19 heavy (non-hydrogen) atoms. The molecule has 1 atom stereocenters. The molecule has 3 rings (SSSR count). The number of fused-ring (bicyclic) bond motifs is 2. The molecule has 2 N–H and O–H groups in total. The van der Waals surface area contributed by atoms with E-state index in [4.69, 9.17) is 4.42 Å². The highest BCUT2D eigenvalue weighted by molar-refractivity contribution is 6.18.